The van der Waals surface area contributed by atoms with Crippen LogP contribution >= 0.6 is 12.2 Å². The molecule has 0 aromatic carbocycles. The minimum atomic E-state index is -0.923. The normalized spacial score (nSPS) is 12.5. The van der Waals surface area contributed by atoms with Crippen molar-refractivity contribution in [3.63, 3.8) is 0 Å². The maximum atomic E-state index is 11.8. The molecule has 124 valence electrons. The van der Waals surface area contributed by atoms with Crippen molar-refractivity contribution in [3.8, 4) is 0 Å². The fraction of sp³-hybridized carbons (Fsp3) is 0.438. The molecule has 0 aliphatic carbocycles. The third-order valence-electron chi connectivity index (χ3n) is 2.47. The summed E-state index contributed by atoms with van der Waals surface area (Å²) in [5.41, 5.74) is 5.21. The highest BCUT2D eigenvalue weighted by Crippen LogP contribution is 2.13. The van der Waals surface area contributed by atoms with Crippen LogP contribution in [0.25, 0.3) is 0 Å². The van der Waals surface area contributed by atoms with Crippen LogP contribution in [-0.2, 0) is 14.3 Å². The quantitative estimate of drug-likeness (QED) is 0.186. The van der Waals surface area contributed by atoms with Crippen LogP contribution in [0.2, 0.25) is 0 Å². The zero-order chi connectivity index (χ0) is 17.7. The minimum Gasteiger partial charge on any atom is -0.507 e. The number of carbonyl (C=O) groups is 2. The number of allylic oxidation sites excluding steroid dienone is 3. The average molecular weight is 327 g/mol. The molecule has 0 aliphatic rings. The van der Waals surface area contributed by atoms with Gasteiger partial charge in [-0.25, -0.2) is 4.79 Å². The van der Waals surface area contributed by atoms with Crippen molar-refractivity contribution >= 4 is 29.1 Å². The predicted molar refractivity (Wildman–Crippen MR) is 92.3 cm³/mol. The Hall–Kier alpha value is -1.95. The van der Waals surface area contributed by atoms with Crippen molar-refractivity contribution in [1.82, 2.24) is 0 Å². The number of carbonyl (C=O) groups excluding carboxylic acids is 2. The van der Waals surface area contributed by atoms with Gasteiger partial charge in [-0.2, -0.15) is 0 Å². The zero-order valence-corrected chi connectivity index (χ0v) is 14.4. The Morgan fingerprint density at radius 1 is 1.41 bits per heavy atom. The van der Waals surface area contributed by atoms with Crippen LogP contribution < -0.4 is 5.73 Å². The van der Waals surface area contributed by atoms with Crippen LogP contribution in [0.4, 0.5) is 0 Å². The van der Waals surface area contributed by atoms with E-state index in [1.807, 2.05) is 13.8 Å². The molecule has 22 heavy (non-hydrogen) atoms. The molecule has 3 N–H and O–H groups in total. The Labute approximate surface area is 137 Å². The van der Waals surface area contributed by atoms with Crippen LogP contribution in [0.15, 0.2) is 36.1 Å². The molecule has 0 bridgehead atoms. The van der Waals surface area contributed by atoms with Gasteiger partial charge in [-0.15, -0.1) is 0 Å². The highest BCUT2D eigenvalue weighted by Gasteiger charge is 2.22. The molecule has 0 rings (SSSR count). The van der Waals surface area contributed by atoms with E-state index in [9.17, 15) is 14.7 Å². The molecule has 0 aromatic rings. The van der Waals surface area contributed by atoms with Gasteiger partial charge < -0.3 is 15.6 Å². The molecule has 1 unspecified atom stereocenters. The first kappa shape index (κ1) is 22.3. The molecular weight excluding hydrogens is 302 g/mol. The van der Waals surface area contributed by atoms with Gasteiger partial charge in [0.05, 0.1) is 10.9 Å². The average Bonchev–Trinajstić information content (AvgIpc) is 2.50. The van der Waals surface area contributed by atoms with E-state index in [2.05, 4.69) is 6.58 Å². The Morgan fingerprint density at radius 3 is 2.36 bits per heavy atom. The third kappa shape index (κ3) is 9.07. The minimum absolute atomic E-state index is 0.127. The molecule has 0 amide bonds. The summed E-state index contributed by atoms with van der Waals surface area (Å²) < 4.78 is 4.70. The Kier molecular flexibility index (Phi) is 13.0. The summed E-state index contributed by atoms with van der Waals surface area (Å²) >= 11 is 4.71. The van der Waals surface area contributed by atoms with Gasteiger partial charge in [0, 0.05) is 0 Å². The SMILES string of the molecule is C=C/C=C(C(=O)OC(=O)C(C)CCC(N)=S)\C(O)=C/C.CC. The highest BCUT2D eigenvalue weighted by molar-refractivity contribution is 7.80. The topological polar surface area (TPSA) is 89.6 Å². The summed E-state index contributed by atoms with van der Waals surface area (Å²) in [6.45, 7) is 10.6. The molecule has 0 saturated heterocycles. The lowest BCUT2D eigenvalue weighted by Gasteiger charge is -2.10. The van der Waals surface area contributed by atoms with Crippen molar-refractivity contribution in [2.45, 2.75) is 40.5 Å². The number of nitrogens with two attached hydrogens (primary N) is 1. The van der Waals surface area contributed by atoms with Gasteiger partial charge in [0.1, 0.15) is 11.3 Å². The predicted octanol–water partition coefficient (Wildman–Crippen LogP) is 3.36. The fourth-order valence-corrected chi connectivity index (χ4v) is 1.37. The number of aliphatic hydroxyl groups excluding tert-OH is 1. The largest absolute Gasteiger partial charge is 0.507 e. The zero-order valence-electron chi connectivity index (χ0n) is 13.6. The summed E-state index contributed by atoms with van der Waals surface area (Å²) in [5, 5.41) is 9.55. The standard InChI is InChI=1S/C14H19NO4S.C2H6/c1-4-6-10(11(16)5-2)14(18)19-13(17)9(3)7-8-12(15)20;1-2/h4-6,9,16H,1,7-8H2,2-3H3,(H2,15,20);1-2H3/b10-6+,11-5+;. The molecule has 5 nitrogen and oxygen atoms in total. The van der Waals surface area contributed by atoms with Crippen LogP contribution in [0.3, 0.4) is 0 Å². The van der Waals surface area contributed by atoms with E-state index in [0.29, 0.717) is 17.8 Å². The number of aliphatic hydroxyl groups is 1. The second-order valence-electron chi connectivity index (χ2n) is 4.10. The number of ether oxygens (including phenoxy) is 1. The van der Waals surface area contributed by atoms with E-state index in [4.69, 9.17) is 22.7 Å². The van der Waals surface area contributed by atoms with Crippen molar-refractivity contribution in [2.24, 2.45) is 11.7 Å². The Balaban J connectivity index is 0. The maximum Gasteiger partial charge on any atom is 0.349 e. The van der Waals surface area contributed by atoms with Crippen LogP contribution in [-0.4, -0.2) is 22.0 Å². The van der Waals surface area contributed by atoms with Gasteiger partial charge >= 0.3 is 11.9 Å². The molecule has 0 saturated carbocycles. The van der Waals surface area contributed by atoms with Gasteiger partial charge in [-0.3, -0.25) is 4.79 Å². The van der Waals surface area contributed by atoms with Gasteiger partial charge in [0.15, 0.2) is 0 Å². The number of thiocarbonyl (C=S) groups is 1. The van der Waals surface area contributed by atoms with E-state index in [0.717, 1.165) is 0 Å². The summed E-state index contributed by atoms with van der Waals surface area (Å²) in [5.74, 6) is -2.41. The summed E-state index contributed by atoms with van der Waals surface area (Å²) in [6, 6.07) is 0. The maximum absolute atomic E-state index is 11.8. The number of esters is 2. The van der Waals surface area contributed by atoms with Crippen LogP contribution in [0, 0.1) is 5.92 Å². The number of rotatable bonds is 7. The van der Waals surface area contributed by atoms with Crippen molar-refractivity contribution in [2.75, 3.05) is 0 Å². The first-order valence-corrected chi connectivity index (χ1v) is 7.47. The van der Waals surface area contributed by atoms with Gasteiger partial charge in [-0.1, -0.05) is 45.6 Å². The number of hydrogen-bond acceptors (Lipinski definition) is 5. The highest BCUT2D eigenvalue weighted by atomic mass is 32.1. The van der Waals surface area contributed by atoms with Gasteiger partial charge in [0.2, 0.25) is 0 Å². The summed E-state index contributed by atoms with van der Waals surface area (Å²) in [6.07, 6.45) is 4.70. The van der Waals surface area contributed by atoms with Crippen molar-refractivity contribution in [1.29, 1.82) is 0 Å². The smallest absolute Gasteiger partial charge is 0.349 e. The number of hydrogen-bond donors (Lipinski definition) is 2. The second-order valence-corrected chi connectivity index (χ2v) is 4.63. The van der Waals surface area contributed by atoms with Crippen LogP contribution in [0.1, 0.15) is 40.5 Å². The monoisotopic (exact) mass is 327 g/mol. The van der Waals surface area contributed by atoms with E-state index in [1.54, 1.807) is 13.8 Å². The molecule has 1 atom stereocenters. The van der Waals surface area contributed by atoms with Crippen molar-refractivity contribution < 1.29 is 19.4 Å². The third-order valence-corrected chi connectivity index (χ3v) is 2.68. The summed E-state index contributed by atoms with van der Waals surface area (Å²) in [4.78, 5) is 23.8. The lowest BCUT2D eigenvalue weighted by molar-refractivity contribution is -0.159. The summed E-state index contributed by atoms with van der Waals surface area (Å²) in [7, 11) is 0. The van der Waals surface area contributed by atoms with Crippen LogP contribution in [0.5, 0.6) is 0 Å². The van der Waals surface area contributed by atoms with Gasteiger partial charge in [0.25, 0.3) is 0 Å². The molecule has 0 spiro atoms. The van der Waals surface area contributed by atoms with E-state index >= 15 is 0 Å². The molecule has 6 heteroatoms. The molecule has 0 radical (unpaired) electrons. The Morgan fingerprint density at radius 2 is 1.95 bits per heavy atom. The molecule has 0 aromatic heterocycles. The van der Waals surface area contributed by atoms with E-state index in [-0.39, 0.29) is 11.3 Å². The first-order chi connectivity index (χ1) is 10.3. The molecule has 0 fully saturated rings. The molecule has 0 heterocycles. The lowest BCUT2D eigenvalue weighted by atomic mass is 10.1. The van der Waals surface area contributed by atoms with Crippen molar-refractivity contribution in [3.05, 3.63) is 36.1 Å². The van der Waals surface area contributed by atoms with Gasteiger partial charge in [-0.05, 0) is 31.9 Å². The first-order valence-electron chi connectivity index (χ1n) is 7.06. The second kappa shape index (κ2) is 12.8. The lowest BCUT2D eigenvalue weighted by Crippen LogP contribution is -2.22. The Bertz CT molecular complexity index is 467. The molecule has 0 aliphatic heterocycles. The fourth-order valence-electron chi connectivity index (χ4n) is 1.25. The van der Waals surface area contributed by atoms with E-state index < -0.39 is 17.9 Å². The molecular formula is C16H25NO4S. The van der Waals surface area contributed by atoms with E-state index in [1.165, 1.54) is 18.2 Å².